The molecule has 1 aliphatic heterocycles. The Labute approximate surface area is 135 Å². The molecule has 2 aromatic rings. The SMILES string of the molecule is Cc1nc(N)cc(N2CCC[C@@H](COc3cccc(F)c3)C2)n1. The molecule has 1 atom stereocenters. The van der Waals surface area contributed by atoms with Crippen molar-refractivity contribution in [3.63, 3.8) is 0 Å². The van der Waals surface area contributed by atoms with Crippen molar-refractivity contribution >= 4 is 11.6 Å². The van der Waals surface area contributed by atoms with E-state index in [0.29, 0.717) is 29.9 Å². The van der Waals surface area contributed by atoms with Gasteiger partial charge >= 0.3 is 0 Å². The predicted molar refractivity (Wildman–Crippen MR) is 88.0 cm³/mol. The van der Waals surface area contributed by atoms with Crippen molar-refractivity contribution in [3.05, 3.63) is 42.0 Å². The molecule has 23 heavy (non-hydrogen) atoms. The number of hydrogen-bond donors (Lipinski definition) is 1. The van der Waals surface area contributed by atoms with E-state index in [-0.39, 0.29) is 5.82 Å². The summed E-state index contributed by atoms with van der Waals surface area (Å²) < 4.78 is 18.9. The Kier molecular flexibility index (Phi) is 4.60. The van der Waals surface area contributed by atoms with Gasteiger partial charge in [0, 0.05) is 31.1 Å². The highest BCUT2D eigenvalue weighted by atomic mass is 19.1. The largest absolute Gasteiger partial charge is 0.493 e. The first kappa shape index (κ1) is 15.5. The maximum atomic E-state index is 13.2. The fraction of sp³-hybridized carbons (Fsp3) is 0.412. The van der Waals surface area contributed by atoms with Crippen LogP contribution in [0.1, 0.15) is 18.7 Å². The molecule has 0 unspecified atom stereocenters. The van der Waals surface area contributed by atoms with E-state index >= 15 is 0 Å². The number of rotatable bonds is 4. The molecule has 1 aromatic carbocycles. The second-order valence-corrected chi connectivity index (χ2v) is 5.92. The van der Waals surface area contributed by atoms with Gasteiger partial charge < -0.3 is 15.4 Å². The summed E-state index contributed by atoms with van der Waals surface area (Å²) in [7, 11) is 0. The minimum Gasteiger partial charge on any atom is -0.493 e. The zero-order valence-electron chi connectivity index (χ0n) is 13.2. The molecule has 3 rings (SSSR count). The van der Waals surface area contributed by atoms with Gasteiger partial charge in [-0.25, -0.2) is 14.4 Å². The van der Waals surface area contributed by atoms with Gasteiger partial charge in [-0.1, -0.05) is 6.07 Å². The van der Waals surface area contributed by atoms with Crippen LogP contribution in [0.15, 0.2) is 30.3 Å². The lowest BCUT2D eigenvalue weighted by Crippen LogP contribution is -2.38. The summed E-state index contributed by atoms with van der Waals surface area (Å²) in [6.07, 6.45) is 2.16. The van der Waals surface area contributed by atoms with Crippen LogP contribution in [0.25, 0.3) is 0 Å². The zero-order valence-corrected chi connectivity index (χ0v) is 13.2. The number of halogens is 1. The molecule has 0 spiro atoms. The highest BCUT2D eigenvalue weighted by Gasteiger charge is 2.22. The van der Waals surface area contributed by atoms with Crippen LogP contribution in [-0.4, -0.2) is 29.7 Å². The molecule has 5 nitrogen and oxygen atoms in total. The number of anilines is 2. The molecule has 1 fully saturated rings. The first-order valence-electron chi connectivity index (χ1n) is 7.84. The van der Waals surface area contributed by atoms with Crippen LogP contribution in [0.3, 0.4) is 0 Å². The van der Waals surface area contributed by atoms with E-state index in [1.165, 1.54) is 12.1 Å². The fourth-order valence-electron chi connectivity index (χ4n) is 2.92. The first-order valence-corrected chi connectivity index (χ1v) is 7.84. The summed E-state index contributed by atoms with van der Waals surface area (Å²) in [6, 6.07) is 8.07. The summed E-state index contributed by atoms with van der Waals surface area (Å²) >= 11 is 0. The van der Waals surface area contributed by atoms with Crippen molar-refractivity contribution in [1.29, 1.82) is 0 Å². The van der Waals surface area contributed by atoms with Crippen molar-refractivity contribution in [3.8, 4) is 5.75 Å². The number of nitrogens with two attached hydrogens (primary N) is 1. The molecule has 1 saturated heterocycles. The Hall–Kier alpha value is -2.37. The molecule has 6 heteroatoms. The van der Waals surface area contributed by atoms with Crippen LogP contribution >= 0.6 is 0 Å². The molecule has 0 radical (unpaired) electrons. The lowest BCUT2D eigenvalue weighted by molar-refractivity contribution is 0.228. The van der Waals surface area contributed by atoms with Crippen LogP contribution in [0.4, 0.5) is 16.0 Å². The number of benzene rings is 1. The molecule has 2 N–H and O–H groups in total. The Morgan fingerprint density at radius 2 is 2.22 bits per heavy atom. The third-order valence-electron chi connectivity index (χ3n) is 3.97. The molecule has 0 saturated carbocycles. The van der Waals surface area contributed by atoms with E-state index in [4.69, 9.17) is 10.5 Å². The summed E-state index contributed by atoms with van der Waals surface area (Å²) in [4.78, 5) is 10.8. The monoisotopic (exact) mass is 316 g/mol. The highest BCUT2D eigenvalue weighted by molar-refractivity contribution is 5.47. The third kappa shape index (κ3) is 4.09. The quantitative estimate of drug-likeness (QED) is 0.939. The van der Waals surface area contributed by atoms with E-state index in [0.717, 1.165) is 31.7 Å². The van der Waals surface area contributed by atoms with Crippen molar-refractivity contribution in [2.45, 2.75) is 19.8 Å². The predicted octanol–water partition coefficient (Wildman–Crippen LogP) is 2.80. The molecule has 0 amide bonds. The second-order valence-electron chi connectivity index (χ2n) is 5.92. The number of piperidine rings is 1. The smallest absolute Gasteiger partial charge is 0.134 e. The average molecular weight is 316 g/mol. The lowest BCUT2D eigenvalue weighted by Gasteiger charge is -2.33. The van der Waals surface area contributed by atoms with Crippen molar-refractivity contribution < 1.29 is 9.13 Å². The van der Waals surface area contributed by atoms with E-state index in [1.807, 2.05) is 13.0 Å². The number of hydrogen-bond acceptors (Lipinski definition) is 5. The summed E-state index contributed by atoms with van der Waals surface area (Å²) in [5, 5.41) is 0. The molecule has 122 valence electrons. The van der Waals surface area contributed by atoms with Crippen LogP contribution in [0.2, 0.25) is 0 Å². The van der Waals surface area contributed by atoms with E-state index in [1.54, 1.807) is 12.1 Å². The van der Waals surface area contributed by atoms with Crippen LogP contribution < -0.4 is 15.4 Å². The summed E-state index contributed by atoms with van der Waals surface area (Å²) in [5.74, 6) is 2.71. The van der Waals surface area contributed by atoms with Crippen LogP contribution in [-0.2, 0) is 0 Å². The van der Waals surface area contributed by atoms with Gasteiger partial charge in [-0.05, 0) is 31.9 Å². The van der Waals surface area contributed by atoms with E-state index in [9.17, 15) is 4.39 Å². The normalized spacial score (nSPS) is 18.0. The fourth-order valence-corrected chi connectivity index (χ4v) is 2.92. The van der Waals surface area contributed by atoms with Gasteiger partial charge in [0.15, 0.2) is 0 Å². The summed E-state index contributed by atoms with van der Waals surface area (Å²) in [6.45, 7) is 4.21. The third-order valence-corrected chi connectivity index (χ3v) is 3.97. The molecule has 1 aromatic heterocycles. The Balaban J connectivity index is 1.61. The number of aryl methyl sites for hydroxylation is 1. The van der Waals surface area contributed by atoms with Gasteiger partial charge in [-0.15, -0.1) is 0 Å². The maximum absolute atomic E-state index is 13.2. The number of nitrogens with zero attached hydrogens (tertiary/aromatic N) is 3. The van der Waals surface area contributed by atoms with Gasteiger partial charge in [-0.2, -0.15) is 0 Å². The topological polar surface area (TPSA) is 64.3 Å². The standard InChI is InChI=1S/C17H21FN4O/c1-12-20-16(19)9-17(21-12)22-7-3-4-13(10-22)11-23-15-6-2-5-14(18)8-15/h2,5-6,8-9,13H,3-4,7,10-11H2,1H3,(H2,19,20,21)/t13-/m1/s1. The molecule has 0 aliphatic carbocycles. The van der Waals surface area contributed by atoms with E-state index in [2.05, 4.69) is 14.9 Å². The molecule has 0 bridgehead atoms. The lowest BCUT2D eigenvalue weighted by atomic mass is 9.99. The highest BCUT2D eigenvalue weighted by Crippen LogP contribution is 2.24. The average Bonchev–Trinajstić information content (AvgIpc) is 2.52. The van der Waals surface area contributed by atoms with Crippen molar-refractivity contribution in [2.75, 3.05) is 30.3 Å². The van der Waals surface area contributed by atoms with Crippen molar-refractivity contribution in [1.82, 2.24) is 9.97 Å². The maximum Gasteiger partial charge on any atom is 0.134 e. The molecule has 2 heterocycles. The van der Waals surface area contributed by atoms with Crippen molar-refractivity contribution in [2.24, 2.45) is 5.92 Å². The first-order chi connectivity index (χ1) is 11.1. The van der Waals surface area contributed by atoms with E-state index < -0.39 is 0 Å². The number of ether oxygens (including phenoxy) is 1. The minimum atomic E-state index is -0.278. The molecule has 1 aliphatic rings. The second kappa shape index (κ2) is 6.81. The summed E-state index contributed by atoms with van der Waals surface area (Å²) in [5.41, 5.74) is 5.81. The van der Waals surface area contributed by atoms with Crippen LogP contribution in [0.5, 0.6) is 5.75 Å². The van der Waals surface area contributed by atoms with Crippen LogP contribution in [0, 0.1) is 18.7 Å². The van der Waals surface area contributed by atoms with Gasteiger partial charge in [0.25, 0.3) is 0 Å². The minimum absolute atomic E-state index is 0.278. The Bertz CT molecular complexity index is 659. The molecular weight excluding hydrogens is 295 g/mol. The van der Waals surface area contributed by atoms with Gasteiger partial charge in [0.1, 0.15) is 29.0 Å². The number of nitrogen functional groups attached to an aromatic ring is 1. The van der Waals surface area contributed by atoms with Gasteiger partial charge in [0.05, 0.1) is 6.61 Å². The molecular formula is C17H21FN4O. The Morgan fingerprint density at radius 1 is 1.35 bits per heavy atom. The number of aromatic nitrogens is 2. The van der Waals surface area contributed by atoms with Gasteiger partial charge in [-0.3, -0.25) is 0 Å². The zero-order chi connectivity index (χ0) is 16.2. The Morgan fingerprint density at radius 3 is 3.00 bits per heavy atom. The van der Waals surface area contributed by atoms with Gasteiger partial charge in [0.2, 0.25) is 0 Å².